The van der Waals surface area contributed by atoms with Crippen LogP contribution in [0.4, 0.5) is 5.69 Å². The molecular weight excluding hydrogens is 590 g/mol. The molecule has 0 aliphatic carbocycles. The maximum Gasteiger partial charge on any atom is 0.259 e. The maximum absolute atomic E-state index is 13.5. The van der Waals surface area contributed by atoms with Gasteiger partial charge in [-0.05, 0) is 81.6 Å². The summed E-state index contributed by atoms with van der Waals surface area (Å²) >= 11 is 3.49. The molecule has 0 fully saturated rings. The predicted octanol–water partition coefficient (Wildman–Crippen LogP) is 9.48. The fourth-order valence-corrected chi connectivity index (χ4v) is 5.12. The van der Waals surface area contributed by atoms with Gasteiger partial charge in [0.15, 0.2) is 0 Å². The Hall–Kier alpha value is -3.42. The van der Waals surface area contributed by atoms with E-state index in [0.717, 1.165) is 53.6 Å². The minimum absolute atomic E-state index is 0.0852. The van der Waals surface area contributed by atoms with Crippen LogP contribution in [-0.4, -0.2) is 33.5 Å². The lowest BCUT2D eigenvalue weighted by atomic mass is 9.96. The number of halogens is 1. The third-order valence-electron chi connectivity index (χ3n) is 7.93. The molecule has 3 aromatic carbocycles. The van der Waals surface area contributed by atoms with Gasteiger partial charge in [0.2, 0.25) is 0 Å². The lowest BCUT2D eigenvalue weighted by Crippen LogP contribution is -2.36. The Morgan fingerprint density at radius 2 is 1.55 bits per heavy atom. The van der Waals surface area contributed by atoms with E-state index in [0.29, 0.717) is 23.6 Å². The summed E-state index contributed by atoms with van der Waals surface area (Å²) in [5, 5.41) is 7.81. The number of para-hydroxylation sites is 1. The molecule has 1 N–H and O–H groups in total. The second-order valence-electron chi connectivity index (χ2n) is 11.2. The molecule has 222 valence electrons. The maximum atomic E-state index is 13.5. The van der Waals surface area contributed by atoms with Crippen LogP contribution in [0.5, 0.6) is 5.75 Å². The minimum atomic E-state index is -0.350. The van der Waals surface area contributed by atoms with Gasteiger partial charge in [0, 0.05) is 28.3 Å². The van der Waals surface area contributed by atoms with Crippen LogP contribution >= 0.6 is 15.9 Å². The molecule has 0 spiro atoms. The smallest absolute Gasteiger partial charge is 0.259 e. The SMILES string of the molecule is CCCC(C)(CC)OCCC(C)(CC)Oc1ccc(NC(=O)c2cn(-c3ccccc3)nc2-c2ccc(Br)cc2)cc1. The Bertz CT molecular complexity index is 1440. The van der Waals surface area contributed by atoms with E-state index in [-0.39, 0.29) is 17.1 Å². The minimum Gasteiger partial charge on any atom is -0.488 e. The van der Waals surface area contributed by atoms with E-state index >= 15 is 0 Å². The van der Waals surface area contributed by atoms with Crippen molar-refractivity contribution in [3.63, 3.8) is 0 Å². The van der Waals surface area contributed by atoms with Crippen LogP contribution in [-0.2, 0) is 4.74 Å². The topological polar surface area (TPSA) is 65.4 Å². The van der Waals surface area contributed by atoms with Gasteiger partial charge in [-0.15, -0.1) is 0 Å². The van der Waals surface area contributed by atoms with Gasteiger partial charge in [0.25, 0.3) is 5.91 Å². The van der Waals surface area contributed by atoms with E-state index in [9.17, 15) is 4.79 Å². The highest BCUT2D eigenvalue weighted by Crippen LogP contribution is 2.30. The Morgan fingerprint density at radius 1 is 0.881 bits per heavy atom. The van der Waals surface area contributed by atoms with Crippen molar-refractivity contribution >= 4 is 27.5 Å². The average Bonchev–Trinajstić information content (AvgIpc) is 3.45. The van der Waals surface area contributed by atoms with Crippen molar-refractivity contribution in [2.75, 3.05) is 11.9 Å². The van der Waals surface area contributed by atoms with Crippen LogP contribution in [0.25, 0.3) is 16.9 Å². The molecule has 1 heterocycles. The Balaban J connectivity index is 1.46. The fourth-order valence-electron chi connectivity index (χ4n) is 4.86. The summed E-state index contributed by atoms with van der Waals surface area (Å²) in [6, 6.07) is 25.1. The van der Waals surface area contributed by atoms with E-state index in [1.807, 2.05) is 78.9 Å². The molecule has 4 rings (SSSR count). The number of nitrogens with one attached hydrogen (secondary N) is 1. The summed E-state index contributed by atoms with van der Waals surface area (Å²) in [6.45, 7) is 11.5. The van der Waals surface area contributed by atoms with Crippen molar-refractivity contribution in [2.24, 2.45) is 0 Å². The van der Waals surface area contributed by atoms with Crippen LogP contribution in [0.3, 0.4) is 0 Å². The van der Waals surface area contributed by atoms with Crippen molar-refractivity contribution < 1.29 is 14.3 Å². The first-order valence-electron chi connectivity index (χ1n) is 14.8. The van der Waals surface area contributed by atoms with Crippen LogP contribution in [0.2, 0.25) is 0 Å². The number of benzene rings is 3. The van der Waals surface area contributed by atoms with E-state index in [2.05, 4.69) is 55.9 Å². The Labute approximate surface area is 258 Å². The zero-order chi connectivity index (χ0) is 30.2. The number of hydrogen-bond acceptors (Lipinski definition) is 4. The zero-order valence-electron chi connectivity index (χ0n) is 25.3. The third-order valence-corrected chi connectivity index (χ3v) is 8.46. The van der Waals surface area contributed by atoms with Crippen molar-refractivity contribution in [1.29, 1.82) is 0 Å². The molecule has 1 aromatic heterocycles. The van der Waals surface area contributed by atoms with Crippen LogP contribution in [0, 0.1) is 0 Å². The van der Waals surface area contributed by atoms with E-state index < -0.39 is 0 Å². The average molecular weight is 633 g/mol. The Kier molecular flexibility index (Phi) is 10.6. The highest BCUT2D eigenvalue weighted by atomic mass is 79.9. The van der Waals surface area contributed by atoms with Gasteiger partial charge in [-0.2, -0.15) is 5.10 Å². The molecular formula is C35H42BrN3O3. The molecule has 0 bridgehead atoms. The summed E-state index contributed by atoms with van der Waals surface area (Å²) in [4.78, 5) is 13.5. The highest BCUT2D eigenvalue weighted by molar-refractivity contribution is 9.10. The summed E-state index contributed by atoms with van der Waals surface area (Å²) in [5.41, 5.74) is 3.09. The fraction of sp³-hybridized carbons (Fsp3) is 0.371. The number of anilines is 1. The van der Waals surface area contributed by atoms with Crippen LogP contribution in [0.15, 0.2) is 89.5 Å². The number of nitrogens with zero attached hydrogens (tertiary/aromatic N) is 2. The molecule has 6 nitrogen and oxygen atoms in total. The number of rotatable bonds is 14. The molecule has 7 heteroatoms. The Morgan fingerprint density at radius 3 is 2.17 bits per heavy atom. The van der Waals surface area contributed by atoms with Crippen LogP contribution in [0.1, 0.15) is 77.1 Å². The number of amides is 1. The molecule has 0 saturated carbocycles. The number of carbonyl (C=O) groups is 1. The zero-order valence-corrected chi connectivity index (χ0v) is 26.9. The molecule has 2 unspecified atom stereocenters. The summed E-state index contributed by atoms with van der Waals surface area (Å²) in [6.07, 6.45) is 6.59. The first-order valence-corrected chi connectivity index (χ1v) is 15.6. The number of ether oxygens (including phenoxy) is 2. The lowest BCUT2D eigenvalue weighted by molar-refractivity contribution is -0.0623. The second-order valence-corrected chi connectivity index (χ2v) is 12.1. The molecule has 2 atom stereocenters. The van der Waals surface area contributed by atoms with E-state index in [4.69, 9.17) is 14.6 Å². The molecule has 0 saturated heterocycles. The van der Waals surface area contributed by atoms with Gasteiger partial charge >= 0.3 is 0 Å². The highest BCUT2D eigenvalue weighted by Gasteiger charge is 2.27. The van der Waals surface area contributed by atoms with Gasteiger partial charge in [0.05, 0.1) is 23.5 Å². The molecule has 0 aliphatic heterocycles. The van der Waals surface area contributed by atoms with Gasteiger partial charge in [-0.25, -0.2) is 4.68 Å². The second kappa shape index (κ2) is 14.2. The van der Waals surface area contributed by atoms with Crippen molar-refractivity contribution in [2.45, 2.75) is 77.9 Å². The third kappa shape index (κ3) is 8.11. The lowest BCUT2D eigenvalue weighted by Gasteiger charge is -2.33. The first kappa shape index (κ1) is 31.5. The monoisotopic (exact) mass is 631 g/mol. The first-order chi connectivity index (χ1) is 20.2. The van der Waals surface area contributed by atoms with Crippen molar-refractivity contribution in [3.05, 3.63) is 95.1 Å². The summed E-state index contributed by atoms with van der Waals surface area (Å²) in [5.74, 6) is 0.530. The summed E-state index contributed by atoms with van der Waals surface area (Å²) in [7, 11) is 0. The number of carbonyl (C=O) groups excluding carboxylic acids is 1. The number of hydrogen-bond donors (Lipinski definition) is 1. The van der Waals surface area contributed by atoms with Crippen molar-refractivity contribution in [3.8, 4) is 22.7 Å². The standard InChI is InChI=1S/C35H42BrN3O3/c1-6-22-34(4,7-2)41-24-23-35(5,8-3)42-30-20-18-28(19-21-30)37-33(40)31-25-39(29-12-10-9-11-13-29)38-32(31)26-14-16-27(36)17-15-26/h9-21,25H,6-8,22-24H2,1-5H3,(H,37,40). The number of aromatic nitrogens is 2. The van der Waals surface area contributed by atoms with Crippen LogP contribution < -0.4 is 10.1 Å². The quantitative estimate of drug-likeness (QED) is 0.150. The molecule has 0 aliphatic rings. The largest absolute Gasteiger partial charge is 0.488 e. The van der Waals surface area contributed by atoms with E-state index in [1.165, 1.54) is 0 Å². The molecule has 4 aromatic rings. The van der Waals surface area contributed by atoms with Gasteiger partial charge in [-0.3, -0.25) is 4.79 Å². The van der Waals surface area contributed by atoms with Gasteiger partial charge < -0.3 is 14.8 Å². The summed E-state index contributed by atoms with van der Waals surface area (Å²) < 4.78 is 15.4. The van der Waals surface area contributed by atoms with Crippen molar-refractivity contribution in [1.82, 2.24) is 9.78 Å². The predicted molar refractivity (Wildman–Crippen MR) is 175 cm³/mol. The molecule has 42 heavy (non-hydrogen) atoms. The normalized spacial score (nSPS) is 14.1. The molecule has 1 amide bonds. The van der Waals surface area contributed by atoms with E-state index in [1.54, 1.807) is 10.9 Å². The molecule has 0 radical (unpaired) electrons. The van der Waals surface area contributed by atoms with Gasteiger partial charge in [-0.1, -0.05) is 73.5 Å². The van der Waals surface area contributed by atoms with Gasteiger partial charge in [0.1, 0.15) is 17.0 Å².